The third-order valence-electron chi connectivity index (χ3n) is 6.71. The first-order chi connectivity index (χ1) is 18.2. The number of carboxylic acid groups (broad SMARTS) is 1. The Balaban J connectivity index is 0.00000371. The largest absolute Gasteiger partial charge is 0.480 e. The van der Waals surface area contributed by atoms with E-state index in [-0.39, 0.29) is 13.0 Å². The van der Waals surface area contributed by atoms with Crippen molar-refractivity contribution in [1.82, 2.24) is 15.5 Å². The average Bonchev–Trinajstić information content (AvgIpc) is 3.38. The quantitative estimate of drug-likeness (QED) is 0.119. The zero-order valence-corrected chi connectivity index (χ0v) is 22.7. The first kappa shape index (κ1) is 35.0. The fraction of sp³-hybridized carbons (Fsp3) is 0.875. The summed E-state index contributed by atoms with van der Waals surface area (Å²) in [5, 5.41) is 52.6. The fourth-order valence-corrected chi connectivity index (χ4v) is 4.41. The molecule has 0 aromatic rings. The number of carbonyl (C=O) groups excluding carboxylic acids is 2. The maximum absolute atomic E-state index is 14.6. The molecule has 2 fully saturated rings. The minimum atomic E-state index is -3.85. The number of rotatable bonds is 13. The van der Waals surface area contributed by atoms with Crippen LogP contribution in [0.2, 0.25) is 0 Å². The van der Waals surface area contributed by atoms with E-state index >= 15 is 0 Å². The number of aliphatic carboxylic acids is 1. The van der Waals surface area contributed by atoms with Crippen LogP contribution in [0.15, 0.2) is 0 Å². The Morgan fingerprint density at radius 3 is 2.46 bits per heavy atom. The van der Waals surface area contributed by atoms with Crippen molar-refractivity contribution in [3.8, 4) is 0 Å². The van der Waals surface area contributed by atoms with Crippen LogP contribution in [0.25, 0.3) is 0 Å². The van der Waals surface area contributed by atoms with Crippen LogP contribution in [-0.4, -0.2) is 123 Å². The molecule has 0 aromatic carbocycles. The molecule has 0 radical (unpaired) electrons. The first-order valence-corrected chi connectivity index (χ1v) is 13.3. The molecule has 0 aromatic heterocycles. The van der Waals surface area contributed by atoms with E-state index in [1.165, 1.54) is 11.8 Å². The first-order valence-electron chi connectivity index (χ1n) is 13.3. The number of aliphatic hydroxyl groups is 4. The van der Waals surface area contributed by atoms with E-state index < -0.39 is 85.5 Å². The summed E-state index contributed by atoms with van der Waals surface area (Å²) in [7, 11) is 0. The Bertz CT molecular complexity index is 810. The van der Waals surface area contributed by atoms with Gasteiger partial charge in [0.05, 0.1) is 25.3 Å². The average molecular weight is 571 g/mol. The summed E-state index contributed by atoms with van der Waals surface area (Å²) in [6.07, 6.45) is -3.89. The van der Waals surface area contributed by atoms with Crippen LogP contribution in [0, 0.1) is 0 Å². The summed E-state index contributed by atoms with van der Waals surface area (Å²) in [6.45, 7) is 3.85. The summed E-state index contributed by atoms with van der Waals surface area (Å²) < 4.78 is 34.0. The molecule has 2 aliphatic heterocycles. The van der Waals surface area contributed by atoms with Gasteiger partial charge in [0.15, 0.2) is 0 Å². The minimum Gasteiger partial charge on any atom is -0.480 e. The molecule has 0 aliphatic carbocycles. The van der Waals surface area contributed by atoms with Crippen molar-refractivity contribution in [3.05, 3.63) is 0 Å². The van der Waals surface area contributed by atoms with Crippen molar-refractivity contribution >= 4 is 17.8 Å². The number of nitrogens with zero attached hydrogens (tertiary/aromatic N) is 1. The van der Waals surface area contributed by atoms with Gasteiger partial charge in [-0.25, -0.2) is 0 Å². The van der Waals surface area contributed by atoms with E-state index in [1.54, 1.807) is 0 Å². The smallest absolute Gasteiger partial charge is 0.325 e. The second-order valence-corrected chi connectivity index (χ2v) is 9.63. The maximum atomic E-state index is 14.6. The van der Waals surface area contributed by atoms with E-state index in [1.807, 2.05) is 13.8 Å². The summed E-state index contributed by atoms with van der Waals surface area (Å²) in [5.41, 5.74) is 5.99. The molecule has 7 atom stereocenters. The third-order valence-corrected chi connectivity index (χ3v) is 6.71. The van der Waals surface area contributed by atoms with E-state index in [0.717, 1.165) is 0 Å². The van der Waals surface area contributed by atoms with Gasteiger partial charge in [-0.1, -0.05) is 20.3 Å². The van der Waals surface area contributed by atoms with Crippen LogP contribution in [0.4, 0.5) is 8.78 Å². The predicted molar refractivity (Wildman–Crippen MR) is 135 cm³/mol. The second-order valence-electron chi connectivity index (χ2n) is 9.63. The molecule has 0 saturated carbocycles. The molecule has 2 saturated heterocycles. The Hall–Kier alpha value is -2.01. The van der Waals surface area contributed by atoms with Gasteiger partial charge in [-0.3, -0.25) is 14.4 Å². The molecular formula is C24H44F2N4O9. The number of aliphatic hydroxyl groups excluding tert-OH is 3. The van der Waals surface area contributed by atoms with Crippen molar-refractivity contribution in [2.45, 2.75) is 107 Å². The van der Waals surface area contributed by atoms with Gasteiger partial charge < -0.3 is 51.5 Å². The second kappa shape index (κ2) is 15.7. The normalized spacial score (nSPS) is 28.7. The third kappa shape index (κ3) is 9.27. The van der Waals surface area contributed by atoms with E-state index in [2.05, 4.69) is 10.6 Å². The van der Waals surface area contributed by atoms with Crippen molar-refractivity contribution in [3.63, 3.8) is 0 Å². The number of likely N-dealkylation sites (tertiary alicyclic amines) is 1. The number of carboxylic acids is 1. The lowest BCUT2D eigenvalue weighted by Gasteiger charge is -2.45. The van der Waals surface area contributed by atoms with Gasteiger partial charge in [0.1, 0.15) is 24.3 Å². The molecule has 0 bridgehead atoms. The van der Waals surface area contributed by atoms with Crippen LogP contribution < -0.4 is 16.4 Å². The molecule has 13 nitrogen and oxygen atoms in total. The molecule has 7 unspecified atom stereocenters. The minimum absolute atomic E-state index is 0.0863. The van der Waals surface area contributed by atoms with Gasteiger partial charge >= 0.3 is 11.9 Å². The molecule has 0 spiro atoms. The number of ether oxygens (including phenoxy) is 1. The van der Waals surface area contributed by atoms with Gasteiger partial charge in [0.2, 0.25) is 17.6 Å². The van der Waals surface area contributed by atoms with Crippen LogP contribution in [0.5, 0.6) is 0 Å². The summed E-state index contributed by atoms with van der Waals surface area (Å²) >= 11 is 0. The molecule has 2 amide bonds. The van der Waals surface area contributed by atoms with Gasteiger partial charge in [-0.05, 0) is 39.2 Å². The van der Waals surface area contributed by atoms with Crippen LogP contribution in [-0.2, 0) is 19.1 Å². The fourth-order valence-electron chi connectivity index (χ4n) is 4.41. The molecule has 228 valence electrons. The zero-order valence-electron chi connectivity index (χ0n) is 22.7. The molecule has 39 heavy (non-hydrogen) atoms. The van der Waals surface area contributed by atoms with Gasteiger partial charge in [-0.15, -0.1) is 0 Å². The van der Waals surface area contributed by atoms with Crippen molar-refractivity contribution in [2.75, 3.05) is 26.2 Å². The number of amides is 2. The number of halogens is 2. The lowest BCUT2D eigenvalue weighted by atomic mass is 9.91. The highest BCUT2D eigenvalue weighted by molar-refractivity contribution is 5.92. The Kier molecular flexibility index (Phi) is 14.1. The van der Waals surface area contributed by atoms with Crippen molar-refractivity contribution < 1.29 is 53.4 Å². The highest BCUT2D eigenvalue weighted by atomic mass is 19.3. The number of nitrogens with one attached hydrogen (secondary N) is 2. The van der Waals surface area contributed by atoms with E-state index in [9.17, 15) is 38.5 Å². The van der Waals surface area contributed by atoms with Crippen molar-refractivity contribution in [1.29, 1.82) is 0 Å². The van der Waals surface area contributed by atoms with Crippen molar-refractivity contribution in [2.24, 2.45) is 5.73 Å². The summed E-state index contributed by atoms with van der Waals surface area (Å²) in [5.74, 6) is -9.14. The van der Waals surface area contributed by atoms with Crippen LogP contribution in [0.3, 0.4) is 0 Å². The predicted octanol–water partition coefficient (Wildman–Crippen LogP) is -1.49. The number of hydrogen-bond donors (Lipinski definition) is 8. The highest BCUT2D eigenvalue weighted by Crippen LogP contribution is 2.39. The van der Waals surface area contributed by atoms with Crippen LogP contribution >= 0.6 is 0 Å². The van der Waals surface area contributed by atoms with Crippen LogP contribution in [0.1, 0.15) is 59.3 Å². The zero-order chi connectivity index (χ0) is 30.0. The van der Waals surface area contributed by atoms with E-state index in [4.69, 9.17) is 20.7 Å². The number of carbonyl (C=O) groups is 3. The SMILES string of the molecule is CC.CC(NC(=O)C1CCCN1C(=O)C(N)CCCCNCC(F)(F)C1(O)CC(O)C(O)C(CO)O1)C(=O)O. The molecule has 9 N–H and O–H groups in total. The van der Waals surface area contributed by atoms with Gasteiger partial charge in [0, 0.05) is 13.0 Å². The van der Waals surface area contributed by atoms with Gasteiger partial charge in [0.25, 0.3) is 0 Å². The molecular weight excluding hydrogens is 526 g/mol. The standard InChI is InChI=1S/C22H38F2N4O9.C2H6/c1-12(20(34)35)27-18(32)14-6-4-8-28(14)19(33)13(25)5-2-3-7-26-11-21(23,24)22(36)9-15(30)17(31)16(10-29)37-22;1-2/h12-17,26,29-31,36H,2-11,25H2,1H3,(H,27,32)(H,34,35);1-2H3. The molecule has 2 aliphatic rings. The molecule has 15 heteroatoms. The number of hydrogen-bond acceptors (Lipinski definition) is 10. The Morgan fingerprint density at radius 1 is 1.23 bits per heavy atom. The molecule has 2 heterocycles. The number of unbranched alkanes of at least 4 members (excludes halogenated alkanes) is 1. The maximum Gasteiger partial charge on any atom is 0.325 e. The number of nitrogens with two attached hydrogens (primary N) is 1. The lowest BCUT2D eigenvalue weighted by molar-refractivity contribution is -0.375. The molecule has 2 rings (SSSR count). The Labute approximate surface area is 226 Å². The van der Waals surface area contributed by atoms with E-state index in [0.29, 0.717) is 32.2 Å². The lowest BCUT2D eigenvalue weighted by Crippen LogP contribution is -2.65. The summed E-state index contributed by atoms with van der Waals surface area (Å²) in [6, 6.07) is -2.83. The monoisotopic (exact) mass is 570 g/mol. The van der Waals surface area contributed by atoms with Gasteiger partial charge in [-0.2, -0.15) is 8.78 Å². The topological polar surface area (TPSA) is 215 Å². The summed E-state index contributed by atoms with van der Waals surface area (Å²) in [4.78, 5) is 37.4. The number of alkyl halides is 2. The Morgan fingerprint density at radius 2 is 1.87 bits per heavy atom. The highest BCUT2D eigenvalue weighted by Gasteiger charge is 2.59.